The first-order chi connectivity index (χ1) is 8.58. The Bertz CT molecular complexity index is 563. The average Bonchev–Trinajstić information content (AvgIpc) is 2.37. The second-order valence-electron chi connectivity index (χ2n) is 4.95. The SMILES string of the molecule is CC(C)C(N)CC(=O)c1ccc2ncccc2c1. The van der Waals surface area contributed by atoms with E-state index in [4.69, 9.17) is 5.73 Å². The van der Waals surface area contributed by atoms with Gasteiger partial charge in [0.15, 0.2) is 5.78 Å². The van der Waals surface area contributed by atoms with Crippen molar-refractivity contribution in [1.82, 2.24) is 4.98 Å². The maximum atomic E-state index is 12.1. The highest BCUT2D eigenvalue weighted by Gasteiger charge is 2.14. The van der Waals surface area contributed by atoms with E-state index in [9.17, 15) is 4.79 Å². The largest absolute Gasteiger partial charge is 0.327 e. The summed E-state index contributed by atoms with van der Waals surface area (Å²) in [6, 6.07) is 9.34. The highest BCUT2D eigenvalue weighted by atomic mass is 16.1. The third kappa shape index (κ3) is 2.74. The Morgan fingerprint density at radius 3 is 2.83 bits per heavy atom. The molecule has 0 saturated heterocycles. The standard InChI is InChI=1S/C15H18N2O/c1-10(2)13(16)9-15(18)12-5-6-14-11(8-12)4-3-7-17-14/h3-8,10,13H,9,16H2,1-2H3. The van der Waals surface area contributed by atoms with Crippen molar-refractivity contribution in [2.45, 2.75) is 26.3 Å². The van der Waals surface area contributed by atoms with Crippen molar-refractivity contribution in [2.24, 2.45) is 11.7 Å². The normalized spacial score (nSPS) is 12.9. The molecule has 0 aliphatic heterocycles. The molecule has 0 fully saturated rings. The maximum Gasteiger partial charge on any atom is 0.164 e. The zero-order valence-electron chi connectivity index (χ0n) is 10.8. The smallest absolute Gasteiger partial charge is 0.164 e. The average molecular weight is 242 g/mol. The summed E-state index contributed by atoms with van der Waals surface area (Å²) in [6.45, 7) is 4.06. The number of carbonyl (C=O) groups is 1. The molecule has 3 nitrogen and oxygen atoms in total. The molecule has 18 heavy (non-hydrogen) atoms. The number of nitrogens with two attached hydrogens (primary N) is 1. The van der Waals surface area contributed by atoms with Crippen LogP contribution in [0, 0.1) is 5.92 Å². The number of rotatable bonds is 4. The Balaban J connectivity index is 2.23. The number of pyridine rings is 1. The summed E-state index contributed by atoms with van der Waals surface area (Å²) >= 11 is 0. The lowest BCUT2D eigenvalue weighted by Crippen LogP contribution is -2.29. The molecule has 1 aromatic carbocycles. The second-order valence-corrected chi connectivity index (χ2v) is 4.95. The fourth-order valence-corrected chi connectivity index (χ4v) is 1.82. The molecule has 94 valence electrons. The number of nitrogens with zero attached hydrogens (tertiary/aromatic N) is 1. The van der Waals surface area contributed by atoms with Gasteiger partial charge in [-0.2, -0.15) is 0 Å². The zero-order chi connectivity index (χ0) is 13.1. The lowest BCUT2D eigenvalue weighted by Gasteiger charge is -2.14. The molecule has 0 spiro atoms. The van der Waals surface area contributed by atoms with E-state index in [0.29, 0.717) is 17.9 Å². The predicted molar refractivity (Wildman–Crippen MR) is 73.5 cm³/mol. The number of hydrogen-bond acceptors (Lipinski definition) is 3. The molecule has 0 aliphatic rings. The summed E-state index contributed by atoms with van der Waals surface area (Å²) in [6.07, 6.45) is 2.14. The van der Waals surface area contributed by atoms with E-state index in [1.54, 1.807) is 6.20 Å². The number of carbonyl (C=O) groups excluding carboxylic acids is 1. The molecule has 2 rings (SSSR count). The van der Waals surface area contributed by atoms with E-state index in [0.717, 1.165) is 10.9 Å². The van der Waals surface area contributed by atoms with Crippen LogP contribution in [0.3, 0.4) is 0 Å². The van der Waals surface area contributed by atoms with Gasteiger partial charge in [-0.3, -0.25) is 9.78 Å². The molecule has 0 bridgehead atoms. The minimum absolute atomic E-state index is 0.0814. The van der Waals surface area contributed by atoms with Crippen molar-refractivity contribution in [3.63, 3.8) is 0 Å². The number of hydrogen-bond donors (Lipinski definition) is 1. The molecule has 3 heteroatoms. The van der Waals surface area contributed by atoms with Gasteiger partial charge in [-0.15, -0.1) is 0 Å². The zero-order valence-corrected chi connectivity index (χ0v) is 10.8. The molecule has 2 aromatic rings. The van der Waals surface area contributed by atoms with Crippen molar-refractivity contribution >= 4 is 16.7 Å². The summed E-state index contributed by atoms with van der Waals surface area (Å²) in [5.41, 5.74) is 7.55. The Labute approximate surface area is 107 Å². The first kappa shape index (κ1) is 12.7. The molecule has 1 unspecified atom stereocenters. The van der Waals surface area contributed by atoms with E-state index in [2.05, 4.69) is 4.98 Å². The molecule has 0 saturated carbocycles. The first-order valence-corrected chi connectivity index (χ1v) is 6.21. The Morgan fingerprint density at radius 1 is 1.33 bits per heavy atom. The maximum absolute atomic E-state index is 12.1. The van der Waals surface area contributed by atoms with Gasteiger partial charge < -0.3 is 5.73 Å². The van der Waals surface area contributed by atoms with Crippen LogP contribution in [-0.2, 0) is 0 Å². The number of fused-ring (bicyclic) bond motifs is 1. The fraction of sp³-hybridized carbons (Fsp3) is 0.333. The van der Waals surface area contributed by atoms with Crippen LogP contribution in [0.1, 0.15) is 30.6 Å². The first-order valence-electron chi connectivity index (χ1n) is 6.21. The van der Waals surface area contributed by atoms with Gasteiger partial charge in [0.2, 0.25) is 0 Å². The van der Waals surface area contributed by atoms with Crippen LogP contribution in [0.2, 0.25) is 0 Å². The summed E-state index contributed by atoms with van der Waals surface area (Å²) in [7, 11) is 0. The minimum atomic E-state index is -0.0814. The monoisotopic (exact) mass is 242 g/mol. The van der Waals surface area contributed by atoms with Crippen LogP contribution in [0.4, 0.5) is 0 Å². The minimum Gasteiger partial charge on any atom is -0.327 e. The van der Waals surface area contributed by atoms with Gasteiger partial charge in [0.25, 0.3) is 0 Å². The van der Waals surface area contributed by atoms with Gasteiger partial charge in [0.05, 0.1) is 5.52 Å². The highest BCUT2D eigenvalue weighted by molar-refractivity contribution is 5.99. The van der Waals surface area contributed by atoms with Crippen molar-refractivity contribution in [2.75, 3.05) is 0 Å². The lowest BCUT2D eigenvalue weighted by molar-refractivity contribution is 0.0968. The molecule has 2 N–H and O–H groups in total. The Kier molecular flexibility index (Phi) is 3.72. The lowest BCUT2D eigenvalue weighted by atomic mass is 9.96. The summed E-state index contributed by atoms with van der Waals surface area (Å²) in [5.74, 6) is 0.415. The molecular formula is C15H18N2O. The Morgan fingerprint density at radius 2 is 2.11 bits per heavy atom. The van der Waals surface area contributed by atoms with Crippen LogP contribution in [0.5, 0.6) is 0 Å². The van der Waals surface area contributed by atoms with Crippen molar-refractivity contribution in [1.29, 1.82) is 0 Å². The van der Waals surface area contributed by atoms with Gasteiger partial charge in [-0.05, 0) is 30.2 Å². The van der Waals surface area contributed by atoms with Crippen LogP contribution < -0.4 is 5.73 Å². The van der Waals surface area contributed by atoms with Crippen LogP contribution in [-0.4, -0.2) is 16.8 Å². The Hall–Kier alpha value is -1.74. The van der Waals surface area contributed by atoms with Crippen LogP contribution in [0.15, 0.2) is 36.5 Å². The summed E-state index contributed by atoms with van der Waals surface area (Å²) in [4.78, 5) is 16.3. The van der Waals surface area contributed by atoms with Gasteiger partial charge >= 0.3 is 0 Å². The van der Waals surface area contributed by atoms with Gasteiger partial charge in [0, 0.05) is 29.6 Å². The predicted octanol–water partition coefficient (Wildman–Crippen LogP) is 2.79. The van der Waals surface area contributed by atoms with Crippen molar-refractivity contribution < 1.29 is 4.79 Å². The van der Waals surface area contributed by atoms with E-state index in [1.165, 1.54) is 0 Å². The topological polar surface area (TPSA) is 56.0 Å². The van der Waals surface area contributed by atoms with Gasteiger partial charge in [0.1, 0.15) is 0 Å². The van der Waals surface area contributed by atoms with E-state index < -0.39 is 0 Å². The van der Waals surface area contributed by atoms with E-state index >= 15 is 0 Å². The van der Waals surface area contributed by atoms with E-state index in [1.807, 2.05) is 44.2 Å². The van der Waals surface area contributed by atoms with Crippen LogP contribution >= 0.6 is 0 Å². The molecule has 0 radical (unpaired) electrons. The summed E-state index contributed by atoms with van der Waals surface area (Å²) < 4.78 is 0. The molecule has 1 atom stereocenters. The van der Waals surface area contributed by atoms with E-state index in [-0.39, 0.29) is 11.8 Å². The van der Waals surface area contributed by atoms with Gasteiger partial charge in [-0.25, -0.2) is 0 Å². The molecule has 0 amide bonds. The highest BCUT2D eigenvalue weighted by Crippen LogP contribution is 2.16. The number of Topliss-reactive ketones (excluding diaryl/α,β-unsaturated/α-hetero) is 1. The van der Waals surface area contributed by atoms with Crippen molar-refractivity contribution in [3.05, 3.63) is 42.1 Å². The third-order valence-electron chi connectivity index (χ3n) is 3.20. The number of benzene rings is 1. The van der Waals surface area contributed by atoms with Crippen molar-refractivity contribution in [3.8, 4) is 0 Å². The summed E-state index contributed by atoms with van der Waals surface area (Å²) in [5, 5.41) is 0.987. The molecule has 0 aliphatic carbocycles. The fourth-order valence-electron chi connectivity index (χ4n) is 1.82. The third-order valence-corrected chi connectivity index (χ3v) is 3.20. The molecular weight excluding hydrogens is 224 g/mol. The quantitative estimate of drug-likeness (QED) is 0.839. The number of ketones is 1. The second kappa shape index (κ2) is 5.27. The van der Waals surface area contributed by atoms with Gasteiger partial charge in [-0.1, -0.05) is 19.9 Å². The van der Waals surface area contributed by atoms with Crippen LogP contribution in [0.25, 0.3) is 10.9 Å². The molecule has 1 aromatic heterocycles. The number of aromatic nitrogens is 1. The molecule has 1 heterocycles.